The number of aryl methyl sites for hydroxylation is 1. The quantitative estimate of drug-likeness (QED) is 0.704. The summed E-state index contributed by atoms with van der Waals surface area (Å²) in [6.45, 7) is 8.27. The topological polar surface area (TPSA) is 26.2 Å². The summed E-state index contributed by atoms with van der Waals surface area (Å²) in [5.74, 6) is 0.994. The Hall–Kier alpha value is -1.48. The Bertz CT molecular complexity index is 519. The molecule has 20 heavy (non-hydrogen) atoms. The molecular formula is C17H26N2O. The zero-order valence-electron chi connectivity index (χ0n) is 12.7. The second kappa shape index (κ2) is 7.95. The molecule has 1 aromatic heterocycles. The fourth-order valence-corrected chi connectivity index (χ4v) is 2.51. The first kappa shape index (κ1) is 14.9. The molecule has 0 aliphatic rings. The molecule has 110 valence electrons. The fraction of sp³-hybridized carbons (Fsp3) is 0.529. The summed E-state index contributed by atoms with van der Waals surface area (Å²) in [7, 11) is 0. The predicted molar refractivity (Wildman–Crippen MR) is 85.5 cm³/mol. The minimum absolute atomic E-state index is 0.716. The minimum Gasteiger partial charge on any atom is -0.493 e. The van der Waals surface area contributed by atoms with Gasteiger partial charge in [-0.05, 0) is 57.5 Å². The number of benzene rings is 1. The molecule has 0 aliphatic carbocycles. The predicted octanol–water partition coefficient (Wildman–Crippen LogP) is 3.82. The highest BCUT2D eigenvalue weighted by Crippen LogP contribution is 2.26. The molecule has 2 rings (SSSR count). The average molecular weight is 274 g/mol. The summed E-state index contributed by atoms with van der Waals surface area (Å²) >= 11 is 0. The first-order chi connectivity index (χ1) is 9.86. The average Bonchev–Trinajstić information content (AvgIpc) is 2.87. The lowest BCUT2D eigenvalue weighted by Gasteiger charge is -2.08. The molecule has 0 atom stereocenters. The van der Waals surface area contributed by atoms with E-state index in [1.807, 2.05) is 13.0 Å². The third-order valence-corrected chi connectivity index (χ3v) is 3.50. The van der Waals surface area contributed by atoms with Gasteiger partial charge in [0.15, 0.2) is 0 Å². The van der Waals surface area contributed by atoms with E-state index in [0.29, 0.717) is 6.61 Å². The van der Waals surface area contributed by atoms with Gasteiger partial charge in [0.1, 0.15) is 5.75 Å². The molecule has 0 saturated carbocycles. The highest BCUT2D eigenvalue weighted by molar-refractivity contribution is 5.86. The van der Waals surface area contributed by atoms with Gasteiger partial charge in [0.25, 0.3) is 0 Å². The molecule has 2 aromatic rings. The van der Waals surface area contributed by atoms with Crippen molar-refractivity contribution >= 4 is 10.9 Å². The number of ether oxygens (including phenoxy) is 1. The van der Waals surface area contributed by atoms with Gasteiger partial charge in [0, 0.05) is 18.1 Å². The molecule has 0 radical (unpaired) electrons. The molecule has 0 unspecified atom stereocenters. The number of nitrogens with zero attached hydrogens (tertiary/aromatic N) is 1. The van der Waals surface area contributed by atoms with Crippen molar-refractivity contribution in [2.24, 2.45) is 0 Å². The Morgan fingerprint density at radius 2 is 2.00 bits per heavy atom. The van der Waals surface area contributed by atoms with E-state index in [4.69, 9.17) is 4.74 Å². The van der Waals surface area contributed by atoms with Crippen molar-refractivity contribution in [3.8, 4) is 5.75 Å². The van der Waals surface area contributed by atoms with Crippen LogP contribution in [-0.2, 0) is 6.54 Å². The largest absolute Gasteiger partial charge is 0.493 e. The maximum Gasteiger partial charge on any atom is 0.128 e. The van der Waals surface area contributed by atoms with Crippen LogP contribution < -0.4 is 10.1 Å². The van der Waals surface area contributed by atoms with Gasteiger partial charge in [-0.25, -0.2) is 0 Å². The zero-order chi connectivity index (χ0) is 14.2. The first-order valence-corrected chi connectivity index (χ1v) is 7.78. The van der Waals surface area contributed by atoms with Gasteiger partial charge < -0.3 is 14.6 Å². The van der Waals surface area contributed by atoms with Crippen LogP contribution in [0.2, 0.25) is 0 Å². The number of nitrogens with one attached hydrogen (secondary N) is 1. The highest BCUT2D eigenvalue weighted by atomic mass is 16.5. The molecular weight excluding hydrogens is 248 g/mol. The van der Waals surface area contributed by atoms with Gasteiger partial charge >= 0.3 is 0 Å². The van der Waals surface area contributed by atoms with Crippen LogP contribution in [-0.4, -0.2) is 24.3 Å². The van der Waals surface area contributed by atoms with Gasteiger partial charge in [0.05, 0.1) is 12.1 Å². The highest BCUT2D eigenvalue weighted by Gasteiger charge is 2.05. The number of unbranched alkanes of at least 4 members (excludes halogenated alkanes) is 1. The summed E-state index contributed by atoms with van der Waals surface area (Å²) in [5.41, 5.74) is 1.28. The van der Waals surface area contributed by atoms with Crippen LogP contribution in [0.3, 0.4) is 0 Å². The monoisotopic (exact) mass is 274 g/mol. The molecule has 0 bridgehead atoms. The standard InChI is InChI=1S/C17H26N2O/c1-3-11-18-12-5-6-13-19-14-10-15-16(19)8-7-9-17(15)20-4-2/h7-10,14,18H,3-6,11-13H2,1-2H3. The third kappa shape index (κ3) is 3.76. The lowest BCUT2D eigenvalue weighted by atomic mass is 10.2. The Kier molecular flexibility index (Phi) is 5.93. The van der Waals surface area contributed by atoms with Crippen LogP contribution in [0, 0.1) is 0 Å². The second-order valence-electron chi connectivity index (χ2n) is 5.09. The molecule has 0 amide bonds. The maximum absolute atomic E-state index is 5.68. The van der Waals surface area contributed by atoms with Crippen LogP contribution in [0.15, 0.2) is 30.5 Å². The number of fused-ring (bicyclic) bond motifs is 1. The van der Waals surface area contributed by atoms with Crippen molar-refractivity contribution in [2.75, 3.05) is 19.7 Å². The lowest BCUT2D eigenvalue weighted by Crippen LogP contribution is -2.16. The molecule has 3 nitrogen and oxygen atoms in total. The zero-order valence-corrected chi connectivity index (χ0v) is 12.7. The number of aromatic nitrogens is 1. The van der Waals surface area contributed by atoms with Gasteiger partial charge in [-0.1, -0.05) is 13.0 Å². The molecule has 0 aliphatic heterocycles. The molecule has 1 aromatic carbocycles. The smallest absolute Gasteiger partial charge is 0.128 e. The van der Waals surface area contributed by atoms with Crippen molar-refractivity contribution in [2.45, 2.75) is 39.7 Å². The molecule has 0 fully saturated rings. The van der Waals surface area contributed by atoms with E-state index in [1.54, 1.807) is 0 Å². The lowest BCUT2D eigenvalue weighted by molar-refractivity contribution is 0.344. The van der Waals surface area contributed by atoms with Crippen LogP contribution in [0.4, 0.5) is 0 Å². The van der Waals surface area contributed by atoms with Crippen LogP contribution in [0.5, 0.6) is 5.75 Å². The summed E-state index contributed by atoms with van der Waals surface area (Å²) < 4.78 is 8.01. The van der Waals surface area contributed by atoms with Gasteiger partial charge in [0.2, 0.25) is 0 Å². The summed E-state index contributed by atoms with van der Waals surface area (Å²) in [5, 5.41) is 4.67. The maximum atomic E-state index is 5.68. The third-order valence-electron chi connectivity index (χ3n) is 3.50. The van der Waals surface area contributed by atoms with Gasteiger partial charge in [-0.3, -0.25) is 0 Å². The van der Waals surface area contributed by atoms with Crippen LogP contribution in [0.25, 0.3) is 10.9 Å². The molecule has 1 heterocycles. The molecule has 0 saturated heterocycles. The Morgan fingerprint density at radius 3 is 2.80 bits per heavy atom. The second-order valence-corrected chi connectivity index (χ2v) is 5.09. The molecule has 3 heteroatoms. The summed E-state index contributed by atoms with van der Waals surface area (Å²) in [6.07, 6.45) is 5.82. The normalized spacial score (nSPS) is 11.1. The summed E-state index contributed by atoms with van der Waals surface area (Å²) in [6, 6.07) is 8.46. The van der Waals surface area contributed by atoms with E-state index in [9.17, 15) is 0 Å². The van der Waals surface area contributed by atoms with E-state index in [-0.39, 0.29) is 0 Å². The van der Waals surface area contributed by atoms with E-state index in [1.165, 1.54) is 30.2 Å². The van der Waals surface area contributed by atoms with Crippen molar-refractivity contribution in [3.63, 3.8) is 0 Å². The number of rotatable bonds is 9. The van der Waals surface area contributed by atoms with Crippen molar-refractivity contribution in [1.82, 2.24) is 9.88 Å². The number of hydrogen-bond donors (Lipinski definition) is 1. The Balaban J connectivity index is 1.92. The van der Waals surface area contributed by atoms with Gasteiger partial charge in [-0.15, -0.1) is 0 Å². The Morgan fingerprint density at radius 1 is 1.10 bits per heavy atom. The van der Waals surface area contributed by atoms with E-state index >= 15 is 0 Å². The van der Waals surface area contributed by atoms with Crippen molar-refractivity contribution < 1.29 is 4.74 Å². The van der Waals surface area contributed by atoms with Crippen molar-refractivity contribution in [1.29, 1.82) is 0 Å². The first-order valence-electron chi connectivity index (χ1n) is 7.78. The van der Waals surface area contributed by atoms with Crippen LogP contribution in [0.1, 0.15) is 33.1 Å². The molecule has 1 N–H and O–H groups in total. The van der Waals surface area contributed by atoms with E-state index < -0.39 is 0 Å². The Labute approximate surface area is 121 Å². The summed E-state index contributed by atoms with van der Waals surface area (Å²) in [4.78, 5) is 0. The fourth-order valence-electron chi connectivity index (χ4n) is 2.51. The van der Waals surface area contributed by atoms with E-state index in [2.05, 4.69) is 41.2 Å². The van der Waals surface area contributed by atoms with E-state index in [0.717, 1.165) is 25.4 Å². The van der Waals surface area contributed by atoms with Crippen molar-refractivity contribution in [3.05, 3.63) is 30.5 Å². The molecule has 0 spiro atoms. The van der Waals surface area contributed by atoms with Crippen LogP contribution >= 0.6 is 0 Å². The SMILES string of the molecule is CCCNCCCCn1ccc2c(OCC)cccc21. The minimum atomic E-state index is 0.716. The van der Waals surface area contributed by atoms with Gasteiger partial charge in [-0.2, -0.15) is 0 Å². The number of hydrogen-bond acceptors (Lipinski definition) is 2.